The van der Waals surface area contributed by atoms with E-state index in [1.54, 1.807) is 77.1 Å². The SMILES string of the molecule is CCCC(=O)N[C@@H](Cc1ccc(O)cc1)C(=O)N[C@@H](CCC(=O)N[C@@H]1C(=O)N[C@@H](CCCN=C(N)N)C(=O)N[C@H]2CC[C@@H](O)N(C2=O)[C@@H](C(C)C)C(=O)N(C)[C@@H](Cc2ccccc2)C(=O)N[C@@H]([C@@H](C)CC)C(=O)O[C@H]1C)C(=O)OC. The van der Waals surface area contributed by atoms with Gasteiger partial charge in [-0.3, -0.25) is 43.3 Å². The second-order valence-corrected chi connectivity index (χ2v) is 20.6. The van der Waals surface area contributed by atoms with Crippen LogP contribution < -0.4 is 43.4 Å². The number of nitrogens with zero attached hydrogens (tertiary/aromatic N) is 3. The van der Waals surface area contributed by atoms with Crippen LogP contribution in [-0.4, -0.2) is 167 Å². The van der Waals surface area contributed by atoms with Gasteiger partial charge in [-0.25, -0.2) is 9.59 Å². The van der Waals surface area contributed by atoms with Crippen LogP contribution in [0, 0.1) is 11.8 Å². The minimum absolute atomic E-state index is 0.00125. The summed E-state index contributed by atoms with van der Waals surface area (Å²) < 4.78 is 10.9. The number of benzene rings is 2. The lowest BCUT2D eigenvalue weighted by molar-refractivity contribution is -0.167. The topological polar surface area (TPSA) is 373 Å². The predicted octanol–water partition coefficient (Wildman–Crippen LogP) is -0.323. The number of nitrogens with one attached hydrogen (secondary N) is 6. The van der Waals surface area contributed by atoms with E-state index in [1.807, 2.05) is 0 Å². The molecule has 2 aliphatic heterocycles. The van der Waals surface area contributed by atoms with Gasteiger partial charge in [0.25, 0.3) is 0 Å². The average Bonchev–Trinajstić information content (AvgIpc) is 3.43. The largest absolute Gasteiger partial charge is 0.508 e. The van der Waals surface area contributed by atoms with Crippen LogP contribution in [0.4, 0.5) is 0 Å². The Balaban J connectivity index is 1.77. The van der Waals surface area contributed by atoms with Crippen LogP contribution in [0.15, 0.2) is 59.6 Å². The third-order valence-electron chi connectivity index (χ3n) is 14.2. The number of hydrogen-bond donors (Lipinski definition) is 10. The fourth-order valence-electron chi connectivity index (χ4n) is 9.39. The number of carbonyl (C=O) groups is 10. The lowest BCUT2D eigenvalue weighted by atomic mass is 9.93. The summed E-state index contributed by atoms with van der Waals surface area (Å²) in [6.45, 7) is 9.83. The highest BCUT2D eigenvalue weighted by Gasteiger charge is 2.47. The number of esters is 2. The molecule has 0 spiro atoms. The summed E-state index contributed by atoms with van der Waals surface area (Å²) in [5.41, 5.74) is 12.3. The summed E-state index contributed by atoms with van der Waals surface area (Å²) in [6, 6.07) is 3.35. The molecule has 4 rings (SSSR count). The normalized spacial score (nSPS) is 23.5. The van der Waals surface area contributed by atoms with Crippen molar-refractivity contribution in [2.24, 2.45) is 28.3 Å². The number of cyclic esters (lactones) is 1. The first kappa shape index (κ1) is 64.7. The summed E-state index contributed by atoms with van der Waals surface area (Å²) in [7, 11) is 2.45. The summed E-state index contributed by atoms with van der Waals surface area (Å²) in [4.78, 5) is 148. The molecule has 2 heterocycles. The van der Waals surface area contributed by atoms with E-state index in [4.69, 9.17) is 20.9 Å². The summed E-state index contributed by atoms with van der Waals surface area (Å²) in [6.07, 6.45) is -3.44. The zero-order valence-corrected chi connectivity index (χ0v) is 46.9. The van der Waals surface area contributed by atoms with Crippen molar-refractivity contribution in [3.8, 4) is 5.75 Å². The second-order valence-electron chi connectivity index (χ2n) is 20.6. The molecule has 2 aromatic carbocycles. The van der Waals surface area contributed by atoms with Gasteiger partial charge in [0.1, 0.15) is 66.4 Å². The number of amides is 8. The number of piperidine rings is 1. The average molecular weight is 1120 g/mol. The van der Waals surface area contributed by atoms with E-state index in [2.05, 4.69) is 36.9 Å². The van der Waals surface area contributed by atoms with Crippen LogP contribution in [0.3, 0.4) is 0 Å². The zero-order valence-electron chi connectivity index (χ0n) is 46.9. The molecule has 2 aliphatic rings. The Morgan fingerprint density at radius 1 is 0.838 bits per heavy atom. The maximum atomic E-state index is 14.8. The second kappa shape index (κ2) is 31.1. The number of guanidine groups is 1. The molecule has 11 atom stereocenters. The molecule has 0 aromatic heterocycles. The quantitative estimate of drug-likeness (QED) is 0.0331. The Bertz CT molecular complexity index is 2510. The Labute approximate surface area is 466 Å². The fourth-order valence-corrected chi connectivity index (χ4v) is 9.39. The third kappa shape index (κ3) is 18.6. The van der Waals surface area contributed by atoms with Crippen LogP contribution in [0.5, 0.6) is 5.75 Å². The first-order chi connectivity index (χ1) is 37.9. The lowest BCUT2D eigenvalue weighted by Crippen LogP contribution is -2.66. The molecule has 0 radical (unpaired) electrons. The van der Waals surface area contributed by atoms with Gasteiger partial charge in [-0.2, -0.15) is 0 Å². The molecule has 2 aromatic rings. The number of likely N-dealkylation sites (N-methyl/N-ethyl adjacent to an activating group) is 1. The van der Waals surface area contributed by atoms with Crippen molar-refractivity contribution in [2.75, 3.05) is 20.7 Å². The lowest BCUT2D eigenvalue weighted by Gasteiger charge is -2.44. The van der Waals surface area contributed by atoms with Crippen molar-refractivity contribution >= 4 is 65.2 Å². The molecule has 440 valence electrons. The summed E-state index contributed by atoms with van der Waals surface area (Å²) in [5.74, 6) is -9.90. The van der Waals surface area contributed by atoms with E-state index in [0.717, 1.165) is 12.0 Å². The maximum Gasteiger partial charge on any atom is 0.329 e. The number of methoxy groups -OCH3 is 1. The van der Waals surface area contributed by atoms with Crippen molar-refractivity contribution in [2.45, 2.75) is 173 Å². The van der Waals surface area contributed by atoms with E-state index in [-0.39, 0.29) is 63.2 Å². The molecule has 25 nitrogen and oxygen atoms in total. The minimum atomic E-state index is -1.80. The molecule has 25 heteroatoms. The van der Waals surface area contributed by atoms with Crippen LogP contribution in [-0.2, 0) is 70.3 Å². The van der Waals surface area contributed by atoms with Crippen molar-refractivity contribution in [1.82, 2.24) is 41.7 Å². The number of rotatable bonds is 21. The van der Waals surface area contributed by atoms with E-state index >= 15 is 0 Å². The van der Waals surface area contributed by atoms with Crippen molar-refractivity contribution < 1.29 is 67.6 Å². The van der Waals surface area contributed by atoms with Gasteiger partial charge < -0.3 is 72.9 Å². The van der Waals surface area contributed by atoms with Gasteiger partial charge in [-0.1, -0.05) is 83.5 Å². The monoisotopic (exact) mass is 1120 g/mol. The molecule has 0 unspecified atom stereocenters. The van der Waals surface area contributed by atoms with Gasteiger partial charge >= 0.3 is 11.9 Å². The van der Waals surface area contributed by atoms with Gasteiger partial charge in [0.2, 0.25) is 47.3 Å². The van der Waals surface area contributed by atoms with Crippen molar-refractivity contribution in [3.63, 3.8) is 0 Å². The number of carbonyl (C=O) groups excluding carboxylic acids is 10. The third-order valence-corrected chi connectivity index (χ3v) is 14.2. The van der Waals surface area contributed by atoms with E-state index in [0.29, 0.717) is 24.0 Å². The van der Waals surface area contributed by atoms with E-state index in [9.17, 15) is 58.2 Å². The Morgan fingerprint density at radius 3 is 2.12 bits per heavy atom. The zero-order chi connectivity index (χ0) is 59.4. The van der Waals surface area contributed by atoms with Gasteiger partial charge in [0.15, 0.2) is 5.96 Å². The Morgan fingerprint density at radius 2 is 1.51 bits per heavy atom. The van der Waals surface area contributed by atoms with Gasteiger partial charge in [0, 0.05) is 39.3 Å². The number of aliphatic hydroxyl groups is 1. The van der Waals surface area contributed by atoms with Crippen LogP contribution in [0.2, 0.25) is 0 Å². The van der Waals surface area contributed by atoms with Crippen LogP contribution >= 0.6 is 0 Å². The predicted molar refractivity (Wildman–Crippen MR) is 292 cm³/mol. The molecule has 2 fully saturated rings. The highest BCUT2D eigenvalue weighted by atomic mass is 16.5. The number of aliphatic hydroxyl groups excluding tert-OH is 1. The Hall–Kier alpha value is -7.83. The number of nitrogens with two attached hydrogens (primary N) is 2. The first-order valence-corrected chi connectivity index (χ1v) is 27.1. The molecule has 80 heavy (non-hydrogen) atoms. The number of hydrogen-bond acceptors (Lipinski definition) is 15. The molecule has 2 bridgehead atoms. The fraction of sp³-hybridized carbons (Fsp3) is 0.582. The van der Waals surface area contributed by atoms with Crippen LogP contribution in [0.25, 0.3) is 0 Å². The number of phenolic OH excluding ortho intramolecular Hbond substituents is 1. The summed E-state index contributed by atoms with van der Waals surface area (Å²) in [5, 5.41) is 37.1. The van der Waals surface area contributed by atoms with Gasteiger partial charge in [0.05, 0.1) is 7.11 Å². The standard InChI is InChI=1S/C55H81N11O14/c1-9-15-41(68)59-39(28-34-19-21-35(67)22-20-34)48(72)62-38(53(77)79-8)23-25-42(69)63-45-32(6)80-54(78)44(31(5)10-2)64-49(73)40(29-33-16-12-11-13-17-33)65(7)52(76)46(30(3)4)66-43(70)26-24-37(51(66)75)61-47(71)36(60-50(45)74)18-14-27-58-55(56)57/h11-13,16-17,19-22,30-32,36-40,43-46,67,70H,9-10,14-15,18,23-29H2,1-8H3,(H,59,68)(H,60,74)(H,61,71)(H,62,72)(H,63,69)(H,64,73)(H4,56,57,58)/t31-,32-,36-,37-,38-,39-,40-,43+,44-,45-,46-/m0/s1. The summed E-state index contributed by atoms with van der Waals surface area (Å²) >= 11 is 0. The maximum absolute atomic E-state index is 14.8. The molecule has 0 saturated carbocycles. The number of aromatic hydroxyl groups is 1. The number of phenols is 1. The molecule has 0 aliphatic carbocycles. The van der Waals surface area contributed by atoms with Gasteiger partial charge in [-0.05, 0) is 80.5 Å². The van der Waals surface area contributed by atoms with Crippen molar-refractivity contribution in [3.05, 3.63) is 65.7 Å². The van der Waals surface area contributed by atoms with Crippen molar-refractivity contribution in [1.29, 1.82) is 0 Å². The molecular weight excluding hydrogens is 1040 g/mol. The van der Waals surface area contributed by atoms with E-state index in [1.165, 1.54) is 31.0 Å². The first-order valence-electron chi connectivity index (χ1n) is 27.1. The highest BCUT2D eigenvalue weighted by Crippen LogP contribution is 2.27. The Kier molecular flexibility index (Phi) is 25.1. The highest BCUT2D eigenvalue weighted by molar-refractivity contribution is 5.98. The molecule has 12 N–H and O–H groups in total. The van der Waals surface area contributed by atoms with E-state index < -0.39 is 145 Å². The number of fused-ring (bicyclic) bond motifs is 2. The minimum Gasteiger partial charge on any atom is -0.508 e. The molecule has 8 amide bonds. The number of ether oxygens (including phenoxy) is 2. The molecule has 2 saturated heterocycles. The van der Waals surface area contributed by atoms with Gasteiger partial charge in [-0.15, -0.1) is 0 Å². The molecular formula is C55H81N11O14. The smallest absolute Gasteiger partial charge is 0.329 e. The van der Waals surface area contributed by atoms with Crippen LogP contribution in [0.1, 0.15) is 110 Å². The number of aliphatic imine (C=N–C) groups is 1.